The van der Waals surface area contributed by atoms with Gasteiger partial charge in [-0.15, -0.1) is 6.42 Å². The molecule has 0 saturated heterocycles. The number of aromatic nitrogens is 4. The first-order valence-electron chi connectivity index (χ1n) is 11.2. The van der Waals surface area contributed by atoms with Gasteiger partial charge in [0, 0.05) is 41.9 Å². The zero-order valence-corrected chi connectivity index (χ0v) is 21.8. The number of nitrogens with one attached hydrogen (secondary N) is 2. The summed E-state index contributed by atoms with van der Waals surface area (Å²) in [6.07, 6.45) is 7.73. The molecule has 198 valence electrons. The van der Waals surface area contributed by atoms with Crippen molar-refractivity contribution in [1.82, 2.24) is 24.8 Å². The summed E-state index contributed by atoms with van der Waals surface area (Å²) in [5, 5.41) is 14.6. The summed E-state index contributed by atoms with van der Waals surface area (Å²) >= 11 is 6.43. The third-order valence-electron chi connectivity index (χ3n) is 6.11. The highest BCUT2D eigenvalue weighted by atomic mass is 35.5. The topological polar surface area (TPSA) is 100 Å². The van der Waals surface area contributed by atoms with E-state index in [1.165, 1.54) is 25.6 Å². The summed E-state index contributed by atoms with van der Waals surface area (Å²) in [5.74, 6) is 3.89. The molecular weight excluding hydrogens is 509 g/mol. The lowest BCUT2D eigenvalue weighted by atomic mass is 9.87. The van der Waals surface area contributed by atoms with Gasteiger partial charge in [0.1, 0.15) is 17.7 Å². The van der Waals surface area contributed by atoms with Crippen LogP contribution in [0.15, 0.2) is 51.4 Å². The van der Waals surface area contributed by atoms with Gasteiger partial charge in [-0.2, -0.15) is 13.2 Å². The van der Waals surface area contributed by atoms with Gasteiger partial charge in [-0.3, -0.25) is 0 Å². The van der Waals surface area contributed by atoms with E-state index in [1.807, 2.05) is 0 Å². The zero-order valence-electron chi connectivity index (χ0n) is 21.0. The van der Waals surface area contributed by atoms with E-state index in [2.05, 4.69) is 31.2 Å². The van der Waals surface area contributed by atoms with Crippen LogP contribution in [0.5, 0.6) is 0 Å². The van der Waals surface area contributed by atoms with E-state index in [4.69, 9.17) is 22.8 Å². The van der Waals surface area contributed by atoms with Crippen molar-refractivity contribution >= 4 is 17.5 Å². The van der Waals surface area contributed by atoms with E-state index in [9.17, 15) is 18.3 Å². The molecule has 3 N–H and O–H groups in total. The van der Waals surface area contributed by atoms with Crippen molar-refractivity contribution in [1.29, 1.82) is 0 Å². The van der Waals surface area contributed by atoms with Gasteiger partial charge < -0.3 is 24.7 Å². The number of aliphatic imine (C=N–C) groups is 1. The molecule has 0 radical (unpaired) electrons. The highest BCUT2D eigenvalue weighted by Crippen LogP contribution is 2.36. The molecule has 0 fully saturated rings. The van der Waals surface area contributed by atoms with Crippen LogP contribution in [0, 0.1) is 26.2 Å². The van der Waals surface area contributed by atoms with Crippen molar-refractivity contribution < 1.29 is 23.0 Å². The molecule has 0 aromatic carbocycles. The van der Waals surface area contributed by atoms with Crippen LogP contribution < -0.4 is 5.32 Å². The molecule has 1 aliphatic rings. The molecule has 2 atom stereocenters. The summed E-state index contributed by atoms with van der Waals surface area (Å²) in [6.45, 7) is 4.38. The van der Waals surface area contributed by atoms with Crippen molar-refractivity contribution in [3.05, 3.63) is 69.5 Å². The van der Waals surface area contributed by atoms with Gasteiger partial charge in [-0.25, -0.2) is 15.0 Å². The van der Waals surface area contributed by atoms with Crippen LogP contribution in [0.25, 0.3) is 0 Å². The number of aliphatic hydroxyl groups is 1. The number of aromatic amines is 1. The number of methoxy groups -OCH3 is 1. The number of halogens is 4. The fourth-order valence-electron chi connectivity index (χ4n) is 3.74. The second-order valence-electron chi connectivity index (χ2n) is 8.55. The number of dihydropyridines is 1. The van der Waals surface area contributed by atoms with Gasteiger partial charge in [0.25, 0.3) is 0 Å². The van der Waals surface area contributed by atoms with Crippen molar-refractivity contribution in [3.63, 3.8) is 0 Å². The van der Waals surface area contributed by atoms with E-state index in [1.54, 1.807) is 31.5 Å². The maximum Gasteiger partial charge on any atom is 0.403 e. The highest BCUT2D eigenvalue weighted by molar-refractivity contribution is 6.32. The van der Waals surface area contributed by atoms with Crippen LogP contribution in [-0.2, 0) is 17.4 Å². The molecule has 1 aliphatic heterocycles. The number of terminal acetylenes is 1. The van der Waals surface area contributed by atoms with E-state index in [0.717, 1.165) is 6.92 Å². The molecule has 3 rings (SSSR count). The largest absolute Gasteiger partial charge is 0.481 e. The maximum absolute atomic E-state index is 12.9. The number of H-pyrrole nitrogens is 1. The highest BCUT2D eigenvalue weighted by Gasteiger charge is 2.40. The molecule has 0 amide bonds. The van der Waals surface area contributed by atoms with Crippen LogP contribution in [0.4, 0.5) is 13.2 Å². The standard InChI is InChI=1S/C25H28ClF3N6O2/c1-7-17(24(36,21-12-31-15(3)33-21)22-13-32-16(4)35(22)5)8-9-18-10-20(26)19(23(34-18)37-6)11-30-14(2)25(27,28)29/h1,8-9,12-14,30,36H,10-11H2,2-6H3,(H,31,33)/b17-8+,18-9+/t14-,24?/m1/s1. The van der Waals surface area contributed by atoms with Crippen molar-refractivity contribution in [2.75, 3.05) is 13.7 Å². The van der Waals surface area contributed by atoms with E-state index in [-0.39, 0.29) is 29.5 Å². The van der Waals surface area contributed by atoms with Crippen molar-refractivity contribution in [2.45, 2.75) is 45.0 Å². The number of hydrogen-bond acceptors (Lipinski definition) is 6. The van der Waals surface area contributed by atoms with E-state index < -0.39 is 17.8 Å². The summed E-state index contributed by atoms with van der Waals surface area (Å²) < 4.78 is 45.7. The number of aryl methyl sites for hydroxylation is 2. The molecule has 8 nitrogen and oxygen atoms in total. The predicted molar refractivity (Wildman–Crippen MR) is 135 cm³/mol. The first-order valence-corrected chi connectivity index (χ1v) is 11.6. The fraction of sp³-hybridized carbons (Fsp3) is 0.400. The van der Waals surface area contributed by atoms with Gasteiger partial charge in [0.2, 0.25) is 5.90 Å². The zero-order chi connectivity index (χ0) is 27.5. The second-order valence-corrected chi connectivity index (χ2v) is 9.01. The number of rotatable bonds is 7. The third kappa shape index (κ3) is 5.82. The second kappa shape index (κ2) is 11.0. The maximum atomic E-state index is 12.9. The first-order chi connectivity index (χ1) is 17.3. The Morgan fingerprint density at radius 2 is 2.08 bits per heavy atom. The molecule has 3 heterocycles. The average molecular weight is 537 g/mol. The Hall–Kier alpha value is -3.33. The molecule has 0 spiro atoms. The Labute approximate surface area is 218 Å². The summed E-state index contributed by atoms with van der Waals surface area (Å²) in [5.41, 5.74) is -0.0719. The Kier molecular flexibility index (Phi) is 8.37. The van der Waals surface area contributed by atoms with Crippen LogP contribution in [0.1, 0.15) is 36.4 Å². The van der Waals surface area contributed by atoms with Gasteiger partial charge in [-0.1, -0.05) is 17.5 Å². The minimum atomic E-state index is -4.40. The first kappa shape index (κ1) is 28.2. The number of ether oxygens (including phenoxy) is 1. The number of imidazole rings is 2. The smallest absolute Gasteiger partial charge is 0.403 e. The number of allylic oxidation sites excluding steroid dienone is 3. The Balaban J connectivity index is 1.99. The minimum absolute atomic E-state index is 0.0849. The Morgan fingerprint density at radius 3 is 2.59 bits per heavy atom. The predicted octanol–water partition coefficient (Wildman–Crippen LogP) is 3.92. The molecule has 1 unspecified atom stereocenters. The van der Waals surface area contributed by atoms with Crippen molar-refractivity contribution in [2.24, 2.45) is 12.0 Å². The average Bonchev–Trinajstić information content (AvgIpc) is 3.43. The summed E-state index contributed by atoms with van der Waals surface area (Å²) in [4.78, 5) is 15.9. The lowest BCUT2D eigenvalue weighted by Crippen LogP contribution is -2.41. The van der Waals surface area contributed by atoms with Crippen molar-refractivity contribution in [3.8, 4) is 12.3 Å². The van der Waals surface area contributed by atoms with Crippen LogP contribution in [0.3, 0.4) is 0 Å². The molecule has 12 heteroatoms. The third-order valence-corrected chi connectivity index (χ3v) is 6.47. The number of nitrogens with zero attached hydrogens (tertiary/aromatic N) is 4. The summed E-state index contributed by atoms with van der Waals surface area (Å²) in [6, 6.07) is -1.74. The molecular formula is C25H28ClF3N6O2. The minimum Gasteiger partial charge on any atom is -0.481 e. The normalized spacial score (nSPS) is 18.5. The van der Waals surface area contributed by atoms with Gasteiger partial charge in [0.05, 0.1) is 30.9 Å². The van der Waals surface area contributed by atoms with Gasteiger partial charge in [0.15, 0.2) is 5.60 Å². The van der Waals surface area contributed by atoms with Crippen LogP contribution >= 0.6 is 11.6 Å². The molecule has 2 aromatic heterocycles. The van der Waals surface area contributed by atoms with E-state index >= 15 is 0 Å². The molecule has 37 heavy (non-hydrogen) atoms. The number of hydrogen-bond donors (Lipinski definition) is 3. The van der Waals surface area contributed by atoms with E-state index in [0.29, 0.717) is 34.3 Å². The quantitative estimate of drug-likeness (QED) is 0.466. The Morgan fingerprint density at radius 1 is 1.38 bits per heavy atom. The Bertz CT molecular complexity index is 1330. The fourth-order valence-corrected chi connectivity index (χ4v) is 4.03. The molecule has 0 bridgehead atoms. The lowest BCUT2D eigenvalue weighted by molar-refractivity contribution is -0.150. The number of alkyl halides is 3. The summed E-state index contributed by atoms with van der Waals surface area (Å²) in [7, 11) is 3.11. The van der Waals surface area contributed by atoms with Gasteiger partial charge in [-0.05, 0) is 32.9 Å². The molecule has 0 saturated carbocycles. The monoisotopic (exact) mass is 536 g/mol. The molecule has 2 aromatic rings. The lowest BCUT2D eigenvalue weighted by Gasteiger charge is -2.28. The van der Waals surface area contributed by atoms with Gasteiger partial charge >= 0.3 is 6.18 Å². The SMILES string of the molecule is C#C/C(=C\C=C1/CC(Cl)=C(CN[C@H](C)C(F)(F)F)C(OC)=N1)C(O)(c1cnc(C)[nH]1)c1cnc(C)n1C. The van der Waals surface area contributed by atoms with Crippen LogP contribution in [-0.4, -0.2) is 56.4 Å². The molecule has 0 aliphatic carbocycles. The van der Waals surface area contributed by atoms with Crippen LogP contribution in [0.2, 0.25) is 0 Å².